The van der Waals surface area contributed by atoms with Gasteiger partial charge in [0.2, 0.25) is 0 Å². The molecule has 1 unspecified atom stereocenters. The van der Waals surface area contributed by atoms with E-state index >= 15 is 0 Å². The molecule has 5 nitrogen and oxygen atoms in total. The van der Waals surface area contributed by atoms with Gasteiger partial charge >= 0.3 is 5.97 Å². The van der Waals surface area contributed by atoms with Gasteiger partial charge in [-0.05, 0) is 18.6 Å². The van der Waals surface area contributed by atoms with E-state index in [9.17, 15) is 4.79 Å². The Labute approximate surface area is 114 Å². The van der Waals surface area contributed by atoms with E-state index in [1.165, 1.54) is 0 Å². The largest absolute Gasteiger partial charge is 0.480 e. The molecule has 3 rings (SSSR count). The first kappa shape index (κ1) is 12.5. The Kier molecular flexibility index (Phi) is 3.00. The first-order valence-corrected chi connectivity index (χ1v) is 6.98. The van der Waals surface area contributed by atoms with Gasteiger partial charge in [-0.25, -0.2) is 4.98 Å². The molecular formula is C13H15N3O2S. The Morgan fingerprint density at radius 2 is 2.32 bits per heavy atom. The predicted molar refractivity (Wildman–Crippen MR) is 74.1 cm³/mol. The zero-order chi connectivity index (χ0) is 13.5. The van der Waals surface area contributed by atoms with Crippen LogP contribution in [0.5, 0.6) is 0 Å². The fourth-order valence-corrected chi connectivity index (χ4v) is 3.41. The molecule has 2 heterocycles. The highest BCUT2D eigenvalue weighted by molar-refractivity contribution is 7.18. The number of carbonyl (C=O) groups is 1. The van der Waals surface area contributed by atoms with Crippen LogP contribution in [0.25, 0.3) is 10.2 Å². The summed E-state index contributed by atoms with van der Waals surface area (Å²) in [5.41, 5.74) is 5.76. The quantitative estimate of drug-likeness (QED) is 0.883. The maximum Gasteiger partial charge on any atom is 0.325 e. The summed E-state index contributed by atoms with van der Waals surface area (Å²) in [6.07, 6.45) is 0.493. The minimum atomic E-state index is -1.10. The molecule has 0 radical (unpaired) electrons. The van der Waals surface area contributed by atoms with Gasteiger partial charge in [-0.3, -0.25) is 9.69 Å². The van der Waals surface area contributed by atoms with Crippen LogP contribution in [0.4, 0.5) is 0 Å². The fourth-order valence-electron chi connectivity index (χ4n) is 2.40. The van der Waals surface area contributed by atoms with Crippen molar-refractivity contribution in [3.8, 4) is 0 Å². The van der Waals surface area contributed by atoms with Gasteiger partial charge in [0.25, 0.3) is 0 Å². The van der Waals surface area contributed by atoms with Gasteiger partial charge in [0.05, 0.1) is 16.8 Å². The number of fused-ring (bicyclic) bond motifs is 1. The van der Waals surface area contributed by atoms with E-state index in [2.05, 4.69) is 9.88 Å². The molecule has 3 N–H and O–H groups in total. The molecule has 1 aromatic carbocycles. The van der Waals surface area contributed by atoms with Crippen molar-refractivity contribution in [3.05, 3.63) is 29.3 Å². The summed E-state index contributed by atoms with van der Waals surface area (Å²) >= 11 is 1.65. The van der Waals surface area contributed by atoms with E-state index in [1.807, 2.05) is 24.3 Å². The van der Waals surface area contributed by atoms with Crippen LogP contribution in [-0.4, -0.2) is 39.6 Å². The third kappa shape index (κ3) is 2.34. The van der Waals surface area contributed by atoms with Crippen molar-refractivity contribution in [2.24, 2.45) is 5.73 Å². The third-order valence-corrected chi connectivity index (χ3v) is 4.52. The maximum absolute atomic E-state index is 11.1. The van der Waals surface area contributed by atoms with Crippen LogP contribution in [-0.2, 0) is 11.3 Å². The first-order chi connectivity index (χ1) is 9.07. The lowest BCUT2D eigenvalue weighted by Gasteiger charge is -2.19. The Balaban J connectivity index is 1.74. The van der Waals surface area contributed by atoms with Gasteiger partial charge < -0.3 is 10.8 Å². The Morgan fingerprint density at radius 3 is 3.00 bits per heavy atom. The van der Waals surface area contributed by atoms with Crippen molar-refractivity contribution in [1.29, 1.82) is 0 Å². The molecule has 1 aliphatic heterocycles. The molecule has 0 bridgehead atoms. The molecular weight excluding hydrogens is 262 g/mol. The number of hydrogen-bond donors (Lipinski definition) is 2. The van der Waals surface area contributed by atoms with Crippen molar-refractivity contribution in [2.45, 2.75) is 18.5 Å². The van der Waals surface area contributed by atoms with E-state index in [0.717, 1.165) is 15.2 Å². The Bertz CT molecular complexity index is 594. The van der Waals surface area contributed by atoms with Gasteiger partial charge in [0.15, 0.2) is 0 Å². The summed E-state index contributed by atoms with van der Waals surface area (Å²) in [7, 11) is 0. The van der Waals surface area contributed by atoms with Crippen molar-refractivity contribution >= 4 is 27.5 Å². The summed E-state index contributed by atoms with van der Waals surface area (Å²) < 4.78 is 1.16. The van der Waals surface area contributed by atoms with E-state index in [-0.39, 0.29) is 0 Å². The van der Waals surface area contributed by atoms with Crippen LogP contribution in [0.2, 0.25) is 0 Å². The highest BCUT2D eigenvalue weighted by atomic mass is 32.1. The number of carboxylic acid groups (broad SMARTS) is 1. The molecule has 100 valence electrons. The van der Waals surface area contributed by atoms with Crippen LogP contribution in [0.15, 0.2) is 24.3 Å². The molecule has 0 spiro atoms. The zero-order valence-electron chi connectivity index (χ0n) is 10.4. The molecule has 6 heteroatoms. The van der Waals surface area contributed by atoms with Crippen LogP contribution < -0.4 is 5.73 Å². The van der Waals surface area contributed by atoms with E-state index in [1.54, 1.807) is 11.3 Å². The van der Waals surface area contributed by atoms with Crippen molar-refractivity contribution in [1.82, 2.24) is 9.88 Å². The molecule has 2 aromatic rings. The topological polar surface area (TPSA) is 79.5 Å². The van der Waals surface area contributed by atoms with Crippen LogP contribution in [0.1, 0.15) is 11.4 Å². The van der Waals surface area contributed by atoms with Gasteiger partial charge in [-0.1, -0.05) is 12.1 Å². The van der Waals surface area contributed by atoms with Crippen molar-refractivity contribution < 1.29 is 9.90 Å². The number of thiazole rings is 1. The molecule has 1 atom stereocenters. The molecule has 0 amide bonds. The van der Waals surface area contributed by atoms with Crippen molar-refractivity contribution in [3.63, 3.8) is 0 Å². The Morgan fingerprint density at radius 1 is 1.53 bits per heavy atom. The second-order valence-electron chi connectivity index (χ2n) is 5.00. The second-order valence-corrected chi connectivity index (χ2v) is 6.11. The minimum absolute atomic E-state index is 0.387. The second kappa shape index (κ2) is 4.56. The number of carboxylic acids is 1. The highest BCUT2D eigenvalue weighted by Gasteiger charge is 2.41. The molecule has 1 saturated heterocycles. The predicted octanol–water partition coefficient (Wildman–Crippen LogP) is 1.28. The number of aromatic nitrogens is 1. The smallest absolute Gasteiger partial charge is 0.325 e. The van der Waals surface area contributed by atoms with E-state index in [0.29, 0.717) is 26.1 Å². The fraction of sp³-hybridized carbons (Fsp3) is 0.385. The third-order valence-electron chi connectivity index (χ3n) is 3.50. The Hall–Kier alpha value is -1.50. The molecule has 0 aliphatic carbocycles. The maximum atomic E-state index is 11.1. The number of para-hydroxylation sites is 1. The van der Waals surface area contributed by atoms with E-state index in [4.69, 9.17) is 10.8 Å². The number of nitrogens with two attached hydrogens (primary N) is 1. The standard InChI is InChI=1S/C13H15N3O2S/c14-13(12(17)18)5-6-16(8-13)7-11-15-9-3-1-2-4-10(9)19-11/h1-4H,5-8,14H2,(H,17,18). The molecule has 1 fully saturated rings. The minimum Gasteiger partial charge on any atom is -0.480 e. The van der Waals surface area contributed by atoms with Crippen LogP contribution in [0, 0.1) is 0 Å². The van der Waals surface area contributed by atoms with Gasteiger partial charge in [0.1, 0.15) is 10.5 Å². The lowest BCUT2D eigenvalue weighted by atomic mass is 10.0. The lowest BCUT2D eigenvalue weighted by Crippen LogP contribution is -2.50. The molecule has 1 aromatic heterocycles. The number of hydrogen-bond acceptors (Lipinski definition) is 5. The summed E-state index contributed by atoms with van der Waals surface area (Å²) in [6, 6.07) is 8.00. The normalized spacial score (nSPS) is 24.1. The van der Waals surface area contributed by atoms with E-state index < -0.39 is 11.5 Å². The highest BCUT2D eigenvalue weighted by Crippen LogP contribution is 2.25. The zero-order valence-corrected chi connectivity index (χ0v) is 11.2. The molecule has 19 heavy (non-hydrogen) atoms. The number of aliphatic carboxylic acids is 1. The van der Waals surface area contributed by atoms with Gasteiger partial charge in [0, 0.05) is 13.1 Å². The number of benzene rings is 1. The summed E-state index contributed by atoms with van der Waals surface area (Å²) in [4.78, 5) is 17.7. The van der Waals surface area contributed by atoms with Crippen molar-refractivity contribution in [2.75, 3.05) is 13.1 Å². The number of nitrogens with zero attached hydrogens (tertiary/aromatic N) is 2. The SMILES string of the molecule is NC1(C(=O)O)CCN(Cc2nc3ccccc3s2)C1. The monoisotopic (exact) mass is 277 g/mol. The molecule has 1 aliphatic rings. The van der Waals surface area contributed by atoms with Crippen LogP contribution >= 0.6 is 11.3 Å². The van der Waals surface area contributed by atoms with Gasteiger partial charge in [-0.15, -0.1) is 11.3 Å². The lowest BCUT2D eigenvalue weighted by molar-refractivity contribution is -0.142. The number of rotatable bonds is 3. The van der Waals surface area contributed by atoms with Gasteiger partial charge in [-0.2, -0.15) is 0 Å². The van der Waals surface area contributed by atoms with Crippen LogP contribution in [0.3, 0.4) is 0 Å². The molecule has 0 saturated carbocycles. The average molecular weight is 277 g/mol. The number of likely N-dealkylation sites (tertiary alicyclic amines) is 1. The first-order valence-electron chi connectivity index (χ1n) is 6.16. The summed E-state index contributed by atoms with van der Waals surface area (Å²) in [5.74, 6) is -0.917. The summed E-state index contributed by atoms with van der Waals surface area (Å²) in [5, 5.41) is 10.1. The summed E-state index contributed by atoms with van der Waals surface area (Å²) in [6.45, 7) is 1.77. The average Bonchev–Trinajstić information content (AvgIpc) is 2.93.